The molecule has 2 unspecified atom stereocenters. The zero-order valence-electron chi connectivity index (χ0n) is 7.59. The summed E-state index contributed by atoms with van der Waals surface area (Å²) in [4.78, 5) is 10.4. The summed E-state index contributed by atoms with van der Waals surface area (Å²) in [5.41, 5.74) is 0. The normalized spacial score (nSPS) is 16.5. The van der Waals surface area contributed by atoms with Gasteiger partial charge in [0, 0.05) is 6.04 Å². The second-order valence-electron chi connectivity index (χ2n) is 3.26. The number of hydrogen-bond acceptors (Lipinski definition) is 2. The van der Waals surface area contributed by atoms with Crippen molar-refractivity contribution in [2.45, 2.75) is 39.8 Å². The average Bonchev–Trinajstić information content (AvgIpc) is 1.87. The highest BCUT2D eigenvalue weighted by molar-refractivity contribution is 5.72. The van der Waals surface area contributed by atoms with Crippen molar-refractivity contribution in [1.82, 2.24) is 5.32 Å². The smallest absolute Gasteiger partial charge is 0.320 e. The molecule has 0 aliphatic rings. The Kier molecular flexibility index (Phi) is 4.11. The fourth-order valence-electron chi connectivity index (χ4n) is 0.658. The molecule has 2 atom stereocenters. The van der Waals surface area contributed by atoms with Gasteiger partial charge in [-0.3, -0.25) is 4.79 Å². The fourth-order valence-corrected chi connectivity index (χ4v) is 0.658. The maximum atomic E-state index is 10.4. The molecule has 0 aromatic heterocycles. The molecule has 0 aromatic rings. The Morgan fingerprint density at radius 3 is 2.00 bits per heavy atom. The highest BCUT2D eigenvalue weighted by atomic mass is 16.4. The largest absolute Gasteiger partial charge is 0.480 e. The first-order valence-corrected chi connectivity index (χ1v) is 3.94. The third-order valence-corrected chi connectivity index (χ3v) is 1.88. The molecule has 0 radical (unpaired) electrons. The number of nitrogens with one attached hydrogen (secondary N) is 1. The summed E-state index contributed by atoms with van der Waals surface area (Å²) in [7, 11) is 0. The number of carbonyl (C=O) groups is 1. The third-order valence-electron chi connectivity index (χ3n) is 1.88. The van der Waals surface area contributed by atoms with E-state index in [4.69, 9.17) is 5.11 Å². The third kappa shape index (κ3) is 3.98. The van der Waals surface area contributed by atoms with Gasteiger partial charge in [-0.1, -0.05) is 13.8 Å². The van der Waals surface area contributed by atoms with E-state index >= 15 is 0 Å². The minimum atomic E-state index is -0.794. The lowest BCUT2D eigenvalue weighted by molar-refractivity contribution is -0.139. The summed E-state index contributed by atoms with van der Waals surface area (Å²) in [6.45, 7) is 7.77. The Labute approximate surface area is 67.8 Å². The number of rotatable bonds is 4. The first-order chi connectivity index (χ1) is 4.95. The van der Waals surface area contributed by atoms with Gasteiger partial charge in [-0.15, -0.1) is 0 Å². The van der Waals surface area contributed by atoms with Gasteiger partial charge < -0.3 is 10.4 Å². The lowest BCUT2D eigenvalue weighted by atomic mass is 10.1. The van der Waals surface area contributed by atoms with Crippen LogP contribution >= 0.6 is 0 Å². The van der Waals surface area contributed by atoms with Crippen molar-refractivity contribution in [3.63, 3.8) is 0 Å². The quantitative estimate of drug-likeness (QED) is 0.645. The highest BCUT2D eigenvalue weighted by Crippen LogP contribution is 2.00. The minimum Gasteiger partial charge on any atom is -0.480 e. The molecule has 66 valence electrons. The molecule has 0 aromatic carbocycles. The van der Waals surface area contributed by atoms with E-state index in [1.807, 2.05) is 6.92 Å². The predicted octanol–water partition coefficient (Wildman–Crippen LogP) is 1.09. The van der Waals surface area contributed by atoms with E-state index in [2.05, 4.69) is 19.2 Å². The van der Waals surface area contributed by atoms with Crippen LogP contribution in [0.3, 0.4) is 0 Å². The molecule has 0 saturated heterocycles. The van der Waals surface area contributed by atoms with Crippen LogP contribution in [0.25, 0.3) is 0 Å². The van der Waals surface area contributed by atoms with Crippen molar-refractivity contribution in [2.75, 3.05) is 0 Å². The van der Waals surface area contributed by atoms with Crippen molar-refractivity contribution >= 4 is 5.97 Å². The van der Waals surface area contributed by atoms with E-state index in [1.54, 1.807) is 6.92 Å². The molecule has 11 heavy (non-hydrogen) atoms. The second kappa shape index (κ2) is 4.34. The van der Waals surface area contributed by atoms with Crippen LogP contribution in [0.2, 0.25) is 0 Å². The van der Waals surface area contributed by atoms with Crippen LogP contribution < -0.4 is 5.32 Å². The van der Waals surface area contributed by atoms with E-state index in [9.17, 15) is 4.79 Å². The van der Waals surface area contributed by atoms with Gasteiger partial charge in [0.25, 0.3) is 0 Å². The molecule has 0 spiro atoms. The number of aliphatic carboxylic acids is 1. The molecule has 0 bridgehead atoms. The van der Waals surface area contributed by atoms with Gasteiger partial charge in [0.05, 0.1) is 0 Å². The van der Waals surface area contributed by atoms with Crippen molar-refractivity contribution in [3.8, 4) is 0 Å². The lowest BCUT2D eigenvalue weighted by Gasteiger charge is -2.19. The zero-order valence-corrected chi connectivity index (χ0v) is 7.59. The molecule has 0 fully saturated rings. The average molecular weight is 159 g/mol. The topological polar surface area (TPSA) is 49.3 Å². The summed E-state index contributed by atoms with van der Waals surface area (Å²) in [6.07, 6.45) is 0. The summed E-state index contributed by atoms with van der Waals surface area (Å²) in [5.74, 6) is -0.325. The van der Waals surface area contributed by atoms with Gasteiger partial charge in [0.15, 0.2) is 0 Å². The molecule has 0 aliphatic carbocycles. The van der Waals surface area contributed by atoms with Gasteiger partial charge >= 0.3 is 5.97 Å². The SMILES string of the molecule is CC(NC(C)C(C)C)C(=O)O. The van der Waals surface area contributed by atoms with Crippen molar-refractivity contribution < 1.29 is 9.90 Å². The first kappa shape index (κ1) is 10.4. The standard InChI is InChI=1S/C8H17NO2/c1-5(2)6(3)9-7(4)8(10)11/h5-7,9H,1-4H3,(H,10,11). The first-order valence-electron chi connectivity index (χ1n) is 3.94. The Morgan fingerprint density at radius 1 is 1.27 bits per heavy atom. The molecule has 0 amide bonds. The summed E-state index contributed by atoms with van der Waals surface area (Å²) >= 11 is 0. The van der Waals surface area contributed by atoms with E-state index in [0.717, 1.165) is 0 Å². The van der Waals surface area contributed by atoms with Crippen LogP contribution in [-0.2, 0) is 4.79 Å². The van der Waals surface area contributed by atoms with Crippen LogP contribution in [0, 0.1) is 5.92 Å². The van der Waals surface area contributed by atoms with Crippen LogP contribution in [0.1, 0.15) is 27.7 Å². The summed E-state index contributed by atoms with van der Waals surface area (Å²) in [5, 5.41) is 11.5. The Balaban J connectivity index is 3.75. The monoisotopic (exact) mass is 159 g/mol. The number of carboxylic acid groups (broad SMARTS) is 1. The van der Waals surface area contributed by atoms with Crippen LogP contribution in [0.15, 0.2) is 0 Å². The van der Waals surface area contributed by atoms with Crippen LogP contribution in [0.5, 0.6) is 0 Å². The van der Waals surface area contributed by atoms with Crippen molar-refractivity contribution in [3.05, 3.63) is 0 Å². The molecule has 2 N–H and O–H groups in total. The van der Waals surface area contributed by atoms with E-state index < -0.39 is 12.0 Å². The van der Waals surface area contributed by atoms with Gasteiger partial charge in [-0.05, 0) is 19.8 Å². The van der Waals surface area contributed by atoms with E-state index in [0.29, 0.717) is 5.92 Å². The van der Waals surface area contributed by atoms with E-state index in [-0.39, 0.29) is 6.04 Å². The van der Waals surface area contributed by atoms with Gasteiger partial charge in [0.2, 0.25) is 0 Å². The van der Waals surface area contributed by atoms with Crippen molar-refractivity contribution in [1.29, 1.82) is 0 Å². The van der Waals surface area contributed by atoms with Gasteiger partial charge in [-0.2, -0.15) is 0 Å². The molecular weight excluding hydrogens is 142 g/mol. The number of carboxylic acids is 1. The highest BCUT2D eigenvalue weighted by Gasteiger charge is 2.15. The Bertz CT molecular complexity index is 134. The van der Waals surface area contributed by atoms with E-state index in [1.165, 1.54) is 0 Å². The second-order valence-corrected chi connectivity index (χ2v) is 3.26. The van der Waals surface area contributed by atoms with Crippen LogP contribution in [-0.4, -0.2) is 23.2 Å². The molecule has 3 heteroatoms. The summed E-state index contributed by atoms with van der Waals surface area (Å²) < 4.78 is 0. The van der Waals surface area contributed by atoms with Crippen LogP contribution in [0.4, 0.5) is 0 Å². The zero-order chi connectivity index (χ0) is 9.02. The van der Waals surface area contributed by atoms with Crippen molar-refractivity contribution in [2.24, 2.45) is 5.92 Å². The Morgan fingerprint density at radius 2 is 1.73 bits per heavy atom. The molecule has 0 heterocycles. The lowest BCUT2D eigenvalue weighted by Crippen LogP contribution is -2.42. The molecule has 0 aliphatic heterocycles. The maximum Gasteiger partial charge on any atom is 0.320 e. The summed E-state index contributed by atoms with van der Waals surface area (Å²) in [6, 6.07) is -0.200. The number of hydrogen-bond donors (Lipinski definition) is 2. The fraction of sp³-hybridized carbons (Fsp3) is 0.875. The predicted molar refractivity (Wildman–Crippen MR) is 44.5 cm³/mol. The maximum absolute atomic E-state index is 10.4. The van der Waals surface area contributed by atoms with Gasteiger partial charge in [0.1, 0.15) is 6.04 Å². The molecule has 0 rings (SSSR count). The molecular formula is C8H17NO2. The minimum absolute atomic E-state index is 0.251. The Hall–Kier alpha value is -0.570. The molecule has 3 nitrogen and oxygen atoms in total. The van der Waals surface area contributed by atoms with Gasteiger partial charge in [-0.25, -0.2) is 0 Å². The molecule has 0 saturated carbocycles.